The fourth-order valence-electron chi connectivity index (χ4n) is 1.46. The molecule has 15 heavy (non-hydrogen) atoms. The van der Waals surface area contributed by atoms with Gasteiger partial charge in [0.15, 0.2) is 0 Å². The third-order valence-corrected chi connectivity index (χ3v) is 2.57. The van der Waals surface area contributed by atoms with Crippen molar-refractivity contribution < 1.29 is 4.74 Å². The monoisotopic (exact) mass is 200 g/mol. The Bertz CT molecular complexity index is 351. The molecule has 1 unspecified atom stereocenters. The molecule has 78 valence electrons. The van der Waals surface area contributed by atoms with Crippen molar-refractivity contribution in [1.82, 2.24) is 0 Å². The third kappa shape index (κ3) is 3.37. The fraction of sp³-hybridized carbons (Fsp3) is 0.286. The molecule has 1 saturated carbocycles. The number of hydrogen-bond donors (Lipinski definition) is 0. The molecule has 1 aromatic carbocycles. The van der Waals surface area contributed by atoms with Crippen molar-refractivity contribution >= 4 is 6.08 Å². The first kappa shape index (κ1) is 10.2. The summed E-state index contributed by atoms with van der Waals surface area (Å²) in [6, 6.07) is 10.3. The van der Waals surface area contributed by atoms with Gasteiger partial charge in [0.25, 0.3) is 0 Å². The van der Waals surface area contributed by atoms with Crippen molar-refractivity contribution in [2.24, 2.45) is 5.92 Å². The van der Waals surface area contributed by atoms with Gasteiger partial charge >= 0.3 is 0 Å². The Morgan fingerprint density at radius 1 is 1.33 bits per heavy atom. The molecule has 0 aromatic heterocycles. The lowest BCUT2D eigenvalue weighted by Gasteiger charge is -1.97. The molecule has 0 spiro atoms. The van der Waals surface area contributed by atoms with Crippen molar-refractivity contribution in [2.45, 2.75) is 6.42 Å². The van der Waals surface area contributed by atoms with E-state index in [1.807, 2.05) is 18.2 Å². The molecule has 0 saturated heterocycles. The van der Waals surface area contributed by atoms with Crippen LogP contribution in [0.3, 0.4) is 0 Å². The first-order valence-electron chi connectivity index (χ1n) is 5.33. The molecule has 0 aliphatic heterocycles. The van der Waals surface area contributed by atoms with Gasteiger partial charge in [0, 0.05) is 5.92 Å². The number of ether oxygens (including phenoxy) is 1. The molecule has 1 aliphatic rings. The lowest BCUT2D eigenvalue weighted by Crippen LogP contribution is -1.95. The van der Waals surface area contributed by atoms with Crippen molar-refractivity contribution in [3.05, 3.63) is 54.1 Å². The second-order valence-corrected chi connectivity index (χ2v) is 3.91. The summed E-state index contributed by atoms with van der Waals surface area (Å²) >= 11 is 0. The van der Waals surface area contributed by atoms with Gasteiger partial charge in [-0.3, -0.25) is 0 Å². The average Bonchev–Trinajstić information content (AvgIpc) is 2.96. The molecule has 1 aromatic rings. The van der Waals surface area contributed by atoms with Gasteiger partial charge in [-0.15, -0.1) is 0 Å². The Kier molecular flexibility index (Phi) is 3.36. The minimum Gasteiger partial charge on any atom is -0.377 e. The Morgan fingerprint density at radius 2 is 2.07 bits per heavy atom. The predicted octanol–water partition coefficient (Wildman–Crippen LogP) is 3.29. The summed E-state index contributed by atoms with van der Waals surface area (Å²) in [5, 5.41) is 0. The van der Waals surface area contributed by atoms with E-state index in [0.29, 0.717) is 12.5 Å². The second-order valence-electron chi connectivity index (χ2n) is 3.91. The van der Waals surface area contributed by atoms with E-state index in [1.165, 1.54) is 11.1 Å². The zero-order valence-electron chi connectivity index (χ0n) is 8.86. The van der Waals surface area contributed by atoms with E-state index < -0.39 is 0 Å². The Labute approximate surface area is 91.1 Å². The summed E-state index contributed by atoms with van der Waals surface area (Å²) in [7, 11) is 0. The lowest BCUT2D eigenvalue weighted by atomic mass is 10.2. The fourth-order valence-corrected chi connectivity index (χ4v) is 1.46. The summed E-state index contributed by atoms with van der Waals surface area (Å²) in [5.41, 5.74) is 2.55. The average molecular weight is 200 g/mol. The first-order chi connectivity index (χ1) is 7.36. The molecule has 1 atom stereocenters. The van der Waals surface area contributed by atoms with Crippen molar-refractivity contribution in [1.29, 1.82) is 0 Å². The summed E-state index contributed by atoms with van der Waals surface area (Å²) in [5.74, 6) is 0.634. The molecule has 2 rings (SSSR count). The van der Waals surface area contributed by atoms with Crippen LogP contribution in [0.15, 0.2) is 48.6 Å². The van der Waals surface area contributed by atoms with Crippen LogP contribution in [0.5, 0.6) is 0 Å². The summed E-state index contributed by atoms with van der Waals surface area (Å²) < 4.78 is 5.50. The standard InChI is InChI=1S/C14H16O/c1-12-10-14(12)11-15-9-5-8-13-6-3-2-4-7-13/h2-8,14H,1,9-11H2/b8-5+. The minimum atomic E-state index is 0.634. The Hall–Kier alpha value is -1.34. The van der Waals surface area contributed by atoms with Crippen LogP contribution in [0.1, 0.15) is 12.0 Å². The van der Waals surface area contributed by atoms with Crippen molar-refractivity contribution in [2.75, 3.05) is 13.2 Å². The van der Waals surface area contributed by atoms with Crippen molar-refractivity contribution in [3.63, 3.8) is 0 Å². The Balaban J connectivity index is 1.65. The maximum atomic E-state index is 5.50. The topological polar surface area (TPSA) is 9.23 Å². The van der Waals surface area contributed by atoms with Crippen LogP contribution in [0.4, 0.5) is 0 Å². The highest BCUT2D eigenvalue weighted by molar-refractivity contribution is 5.48. The van der Waals surface area contributed by atoms with Gasteiger partial charge < -0.3 is 4.74 Å². The van der Waals surface area contributed by atoms with Crippen LogP contribution in [0.25, 0.3) is 6.08 Å². The van der Waals surface area contributed by atoms with Gasteiger partial charge in [-0.25, -0.2) is 0 Å². The van der Waals surface area contributed by atoms with Crippen LogP contribution < -0.4 is 0 Å². The van der Waals surface area contributed by atoms with Crippen LogP contribution in [0, 0.1) is 5.92 Å². The summed E-state index contributed by atoms with van der Waals surface area (Å²) in [6.45, 7) is 5.42. The zero-order valence-corrected chi connectivity index (χ0v) is 8.86. The molecule has 0 bridgehead atoms. The van der Waals surface area contributed by atoms with E-state index in [1.54, 1.807) is 0 Å². The minimum absolute atomic E-state index is 0.634. The first-order valence-corrected chi connectivity index (χ1v) is 5.33. The quantitative estimate of drug-likeness (QED) is 0.523. The van der Waals surface area contributed by atoms with Crippen LogP contribution in [-0.2, 0) is 4.74 Å². The molecule has 1 heteroatoms. The maximum Gasteiger partial charge on any atom is 0.0650 e. The maximum absolute atomic E-state index is 5.50. The molecule has 0 N–H and O–H groups in total. The molecule has 0 heterocycles. The number of hydrogen-bond acceptors (Lipinski definition) is 1. The van der Waals surface area contributed by atoms with Gasteiger partial charge in [0.2, 0.25) is 0 Å². The molecule has 1 nitrogen and oxygen atoms in total. The van der Waals surface area contributed by atoms with E-state index in [9.17, 15) is 0 Å². The molecular formula is C14H16O. The van der Waals surface area contributed by atoms with Crippen LogP contribution >= 0.6 is 0 Å². The summed E-state index contributed by atoms with van der Waals surface area (Å²) in [4.78, 5) is 0. The smallest absolute Gasteiger partial charge is 0.0650 e. The molecule has 1 fully saturated rings. The highest BCUT2D eigenvalue weighted by Gasteiger charge is 2.26. The van der Waals surface area contributed by atoms with E-state index in [2.05, 4.69) is 30.9 Å². The number of benzene rings is 1. The zero-order chi connectivity index (χ0) is 10.5. The SMILES string of the molecule is C=C1CC1COC/C=C/c1ccccc1. The Morgan fingerprint density at radius 3 is 2.73 bits per heavy atom. The van der Waals surface area contributed by atoms with Crippen molar-refractivity contribution in [3.8, 4) is 0 Å². The van der Waals surface area contributed by atoms with E-state index in [0.717, 1.165) is 13.0 Å². The molecule has 0 amide bonds. The van der Waals surface area contributed by atoms with Gasteiger partial charge in [-0.2, -0.15) is 0 Å². The normalized spacial score (nSPS) is 19.7. The van der Waals surface area contributed by atoms with E-state index in [4.69, 9.17) is 4.74 Å². The summed E-state index contributed by atoms with van der Waals surface area (Å²) in [6.07, 6.45) is 5.30. The largest absolute Gasteiger partial charge is 0.377 e. The molecule has 1 aliphatic carbocycles. The van der Waals surface area contributed by atoms with Gasteiger partial charge in [0.05, 0.1) is 13.2 Å². The second kappa shape index (κ2) is 4.94. The highest BCUT2D eigenvalue weighted by atomic mass is 16.5. The number of rotatable bonds is 5. The van der Waals surface area contributed by atoms with Crippen LogP contribution in [0.2, 0.25) is 0 Å². The lowest BCUT2D eigenvalue weighted by molar-refractivity contribution is 0.154. The molecular weight excluding hydrogens is 184 g/mol. The van der Waals surface area contributed by atoms with E-state index >= 15 is 0 Å². The molecule has 0 radical (unpaired) electrons. The van der Waals surface area contributed by atoms with Gasteiger partial charge in [0.1, 0.15) is 0 Å². The van der Waals surface area contributed by atoms with Gasteiger partial charge in [-0.1, -0.05) is 54.6 Å². The third-order valence-electron chi connectivity index (χ3n) is 2.57. The van der Waals surface area contributed by atoms with E-state index in [-0.39, 0.29) is 0 Å². The predicted molar refractivity (Wildman–Crippen MR) is 63.5 cm³/mol. The van der Waals surface area contributed by atoms with Gasteiger partial charge in [-0.05, 0) is 12.0 Å². The van der Waals surface area contributed by atoms with Crippen LogP contribution in [-0.4, -0.2) is 13.2 Å². The highest BCUT2D eigenvalue weighted by Crippen LogP contribution is 2.35.